The fraction of sp³-hybridized carbons (Fsp3) is 0.619. The van der Waals surface area contributed by atoms with Crippen molar-refractivity contribution >= 4 is 14.1 Å². The lowest BCUT2D eigenvalue weighted by atomic mass is 9.87. The van der Waals surface area contributed by atoms with E-state index in [1.807, 2.05) is 6.07 Å². The van der Waals surface area contributed by atoms with E-state index in [4.69, 9.17) is 9.69 Å². The van der Waals surface area contributed by atoms with Crippen molar-refractivity contribution in [3.05, 3.63) is 28.8 Å². The van der Waals surface area contributed by atoms with Crippen molar-refractivity contribution in [3.63, 3.8) is 0 Å². The minimum absolute atomic E-state index is 0.00669. The molecule has 0 spiro atoms. The van der Waals surface area contributed by atoms with Gasteiger partial charge in [-0.3, -0.25) is 4.79 Å². The van der Waals surface area contributed by atoms with E-state index in [1.54, 1.807) is 20.8 Å². The van der Waals surface area contributed by atoms with Crippen LogP contribution in [0.3, 0.4) is 0 Å². The fourth-order valence-corrected chi connectivity index (χ4v) is 3.39. The molecule has 0 heterocycles. The number of alkyl halides is 6. The van der Waals surface area contributed by atoms with Crippen LogP contribution in [0.4, 0.5) is 26.3 Å². The average molecular weight is 468 g/mol. The van der Waals surface area contributed by atoms with Gasteiger partial charge in [0.1, 0.15) is 5.75 Å². The van der Waals surface area contributed by atoms with Gasteiger partial charge >= 0.3 is 12.4 Å². The number of Topliss-reactive ketones (excluding diaryl/α,β-unsaturated/α-hetero) is 1. The van der Waals surface area contributed by atoms with Crippen LogP contribution in [0.5, 0.6) is 5.75 Å². The van der Waals surface area contributed by atoms with Crippen molar-refractivity contribution in [2.24, 2.45) is 5.41 Å². The first kappa shape index (κ1) is 27.0. The van der Waals surface area contributed by atoms with Gasteiger partial charge in [0.05, 0.1) is 22.6 Å². The van der Waals surface area contributed by atoms with Gasteiger partial charge in [0.2, 0.25) is 0 Å². The second-order valence-electron chi connectivity index (χ2n) is 9.68. The van der Waals surface area contributed by atoms with Gasteiger partial charge in [-0.15, -0.1) is 0 Å². The Morgan fingerprint density at radius 3 is 1.71 bits per heavy atom. The number of carbonyl (C=O) groups excluding carboxylic acids is 1. The summed E-state index contributed by atoms with van der Waals surface area (Å²) in [5.74, 6) is -2.20. The van der Waals surface area contributed by atoms with Gasteiger partial charge in [-0.2, -0.15) is 31.6 Å². The normalized spacial score (nSPS) is 13.7. The fourth-order valence-electron chi connectivity index (χ4n) is 2.36. The SMILES string of the molecule is CC(C)(C#N)CCC(=O)c1cc(C(F)(F)F)c(O[Si](C)(C)C(C)(C)C)c(C(F)(F)F)c1. The molecule has 0 amide bonds. The Morgan fingerprint density at radius 2 is 1.39 bits per heavy atom. The quantitative estimate of drug-likeness (QED) is 0.246. The highest BCUT2D eigenvalue weighted by molar-refractivity contribution is 6.74. The molecular formula is C21H27F6NO2Si. The third kappa shape index (κ3) is 6.73. The van der Waals surface area contributed by atoms with E-state index in [-0.39, 0.29) is 12.8 Å². The van der Waals surface area contributed by atoms with Gasteiger partial charge in [-0.05, 0) is 50.5 Å². The molecule has 1 rings (SSSR count). The zero-order valence-corrected chi connectivity index (χ0v) is 19.6. The second kappa shape index (κ2) is 8.49. The Balaban J connectivity index is 3.69. The number of rotatable bonds is 6. The van der Waals surface area contributed by atoms with E-state index in [0.717, 1.165) is 0 Å². The van der Waals surface area contributed by atoms with Gasteiger partial charge in [0.25, 0.3) is 8.32 Å². The molecule has 0 aromatic heterocycles. The van der Waals surface area contributed by atoms with Gasteiger partial charge in [0.15, 0.2) is 5.78 Å². The number of nitrogens with zero attached hydrogens (tertiary/aromatic N) is 1. The number of ketones is 1. The van der Waals surface area contributed by atoms with E-state index in [9.17, 15) is 31.1 Å². The molecule has 0 aliphatic heterocycles. The van der Waals surface area contributed by atoms with Crippen molar-refractivity contribution in [1.29, 1.82) is 5.26 Å². The highest BCUT2D eigenvalue weighted by Crippen LogP contribution is 2.48. The maximum atomic E-state index is 13.8. The van der Waals surface area contributed by atoms with Gasteiger partial charge in [-0.1, -0.05) is 20.8 Å². The lowest BCUT2D eigenvalue weighted by Gasteiger charge is -2.38. The summed E-state index contributed by atoms with van der Waals surface area (Å²) < 4.78 is 88.1. The molecule has 0 bridgehead atoms. The van der Waals surface area contributed by atoms with Crippen LogP contribution in [0.1, 0.15) is 68.9 Å². The molecule has 0 aliphatic carbocycles. The van der Waals surface area contributed by atoms with Crippen LogP contribution in [-0.4, -0.2) is 14.1 Å². The zero-order valence-electron chi connectivity index (χ0n) is 18.6. The van der Waals surface area contributed by atoms with Crippen LogP contribution in [0.25, 0.3) is 0 Å². The number of hydrogen-bond acceptors (Lipinski definition) is 3. The predicted octanol–water partition coefficient (Wildman–Crippen LogP) is 7.62. The molecule has 0 aliphatic rings. The third-order valence-electron chi connectivity index (χ3n) is 5.46. The smallest absolute Gasteiger partial charge is 0.419 e. The second-order valence-corrected chi connectivity index (χ2v) is 14.4. The lowest BCUT2D eigenvalue weighted by Crippen LogP contribution is -2.44. The number of halogens is 6. The van der Waals surface area contributed by atoms with Crippen LogP contribution in [0.2, 0.25) is 18.1 Å². The van der Waals surface area contributed by atoms with E-state index in [0.29, 0.717) is 12.1 Å². The maximum Gasteiger partial charge on any atom is 0.419 e. The number of nitriles is 1. The van der Waals surface area contributed by atoms with Gasteiger partial charge < -0.3 is 4.43 Å². The topological polar surface area (TPSA) is 50.1 Å². The highest BCUT2D eigenvalue weighted by Gasteiger charge is 2.47. The van der Waals surface area contributed by atoms with Crippen molar-refractivity contribution in [1.82, 2.24) is 0 Å². The van der Waals surface area contributed by atoms with E-state index in [2.05, 4.69) is 0 Å². The molecule has 0 fully saturated rings. The maximum absolute atomic E-state index is 13.8. The lowest BCUT2D eigenvalue weighted by molar-refractivity contribution is -0.144. The summed E-state index contributed by atoms with van der Waals surface area (Å²) in [6.07, 6.45) is -10.7. The standard InChI is InChI=1S/C21H27F6NO2Si/c1-18(2,3)31(6,7)30-17-14(20(22,23)24)10-13(11-15(17)21(25,26)27)16(29)8-9-19(4,5)12-28/h10-11H,8-9H2,1-7H3. The minimum Gasteiger partial charge on any atom is -0.543 e. The first-order valence-electron chi connectivity index (χ1n) is 9.58. The molecule has 174 valence electrons. The molecule has 1 aromatic carbocycles. The van der Waals surface area contributed by atoms with Crippen LogP contribution in [0.15, 0.2) is 12.1 Å². The van der Waals surface area contributed by atoms with E-state index < -0.39 is 59.3 Å². The molecule has 0 saturated carbocycles. The van der Waals surface area contributed by atoms with Crippen LogP contribution in [-0.2, 0) is 12.4 Å². The van der Waals surface area contributed by atoms with E-state index >= 15 is 0 Å². The molecule has 3 nitrogen and oxygen atoms in total. The van der Waals surface area contributed by atoms with Crippen molar-refractivity contribution in [2.75, 3.05) is 0 Å². The first-order valence-corrected chi connectivity index (χ1v) is 12.5. The Kier molecular flexibility index (Phi) is 7.40. The molecule has 1 aromatic rings. The third-order valence-corrected chi connectivity index (χ3v) is 9.79. The van der Waals surface area contributed by atoms with Crippen molar-refractivity contribution < 1.29 is 35.6 Å². The highest BCUT2D eigenvalue weighted by atomic mass is 28.4. The van der Waals surface area contributed by atoms with Crippen molar-refractivity contribution in [2.45, 2.75) is 77.9 Å². The Bertz CT molecular complexity index is 839. The zero-order chi connectivity index (χ0) is 24.6. The summed E-state index contributed by atoms with van der Waals surface area (Å²) in [7, 11) is -3.08. The minimum atomic E-state index is -5.17. The molecular weight excluding hydrogens is 440 g/mol. The monoisotopic (exact) mass is 467 g/mol. The molecule has 31 heavy (non-hydrogen) atoms. The largest absolute Gasteiger partial charge is 0.543 e. The Hall–Kier alpha value is -2.02. The number of hydrogen-bond donors (Lipinski definition) is 0. The summed E-state index contributed by atoms with van der Waals surface area (Å²) in [4.78, 5) is 12.4. The summed E-state index contributed by atoms with van der Waals surface area (Å²) in [6, 6.07) is 2.77. The van der Waals surface area contributed by atoms with Crippen LogP contribution >= 0.6 is 0 Å². The molecule has 0 atom stereocenters. The summed E-state index contributed by atoms with van der Waals surface area (Å²) in [5.41, 5.74) is -4.91. The van der Waals surface area contributed by atoms with Gasteiger partial charge in [0, 0.05) is 12.0 Å². The predicted molar refractivity (Wildman–Crippen MR) is 107 cm³/mol. The molecule has 0 unspecified atom stereocenters. The number of carbonyl (C=O) groups is 1. The summed E-state index contributed by atoms with van der Waals surface area (Å²) in [5, 5.41) is 8.36. The molecule has 0 saturated heterocycles. The van der Waals surface area contributed by atoms with Crippen molar-refractivity contribution in [3.8, 4) is 11.8 Å². The molecule has 0 N–H and O–H groups in total. The average Bonchev–Trinajstić information content (AvgIpc) is 2.56. The molecule has 0 radical (unpaired) electrons. The first-order chi connectivity index (χ1) is 13.6. The van der Waals surface area contributed by atoms with Gasteiger partial charge in [-0.25, -0.2) is 0 Å². The Labute approximate surface area is 179 Å². The number of benzene rings is 1. The summed E-state index contributed by atoms with van der Waals surface area (Å²) >= 11 is 0. The van der Waals surface area contributed by atoms with Crippen LogP contribution < -0.4 is 4.43 Å². The Morgan fingerprint density at radius 1 is 0.968 bits per heavy atom. The summed E-state index contributed by atoms with van der Waals surface area (Å²) in [6.45, 7) is 11.2. The van der Waals surface area contributed by atoms with Crippen LogP contribution in [0, 0.1) is 16.7 Å². The van der Waals surface area contributed by atoms with E-state index in [1.165, 1.54) is 26.9 Å². The molecule has 10 heteroatoms.